The molecule has 0 fully saturated rings. The Balaban J connectivity index is 2.23. The highest BCUT2D eigenvalue weighted by Gasteiger charge is 2.11. The summed E-state index contributed by atoms with van der Waals surface area (Å²) in [6, 6.07) is 6.07. The fraction of sp³-hybridized carbons (Fsp3) is 0.231. The van der Waals surface area contributed by atoms with Crippen LogP contribution in [0.1, 0.15) is 18.2 Å². The van der Waals surface area contributed by atoms with Gasteiger partial charge < -0.3 is 11.1 Å². The summed E-state index contributed by atoms with van der Waals surface area (Å²) in [5, 5.41) is 5.39. The van der Waals surface area contributed by atoms with Gasteiger partial charge >= 0.3 is 0 Å². The number of nitrogens with two attached hydrogens (primary N) is 1. The lowest BCUT2D eigenvalue weighted by Crippen LogP contribution is -2.14. The van der Waals surface area contributed by atoms with Crippen LogP contribution in [0.5, 0.6) is 0 Å². The number of nitrogens with one attached hydrogen (secondary N) is 1. The fourth-order valence-corrected chi connectivity index (χ4v) is 3.41. The molecule has 0 radical (unpaired) electrons. The average Bonchev–Trinajstić information content (AvgIpc) is 2.89. The van der Waals surface area contributed by atoms with Gasteiger partial charge in [0.05, 0.1) is 17.7 Å². The van der Waals surface area contributed by atoms with E-state index in [1.165, 1.54) is 0 Å². The first-order chi connectivity index (χ1) is 9.22. The highest BCUT2D eigenvalue weighted by molar-refractivity contribution is 7.99. The third-order valence-electron chi connectivity index (χ3n) is 2.52. The maximum absolute atomic E-state index is 5.86. The minimum absolute atomic E-state index is 0.428. The van der Waals surface area contributed by atoms with Crippen molar-refractivity contribution in [1.29, 1.82) is 0 Å². The monoisotopic (exact) mass is 309 g/mol. The zero-order valence-electron chi connectivity index (χ0n) is 10.6. The normalized spacial score (nSPS) is 10.4. The van der Waals surface area contributed by atoms with Crippen LogP contribution in [0.15, 0.2) is 34.0 Å². The number of hydrogen-bond acceptors (Lipinski definition) is 5. The third-order valence-corrected chi connectivity index (χ3v) is 4.30. The van der Waals surface area contributed by atoms with Crippen LogP contribution >= 0.6 is 35.3 Å². The molecule has 0 saturated carbocycles. The molecular weight excluding hydrogens is 294 g/mol. The van der Waals surface area contributed by atoms with Gasteiger partial charge in [-0.2, -0.15) is 0 Å². The first-order valence-electron chi connectivity index (χ1n) is 5.89. The molecule has 0 aliphatic rings. The van der Waals surface area contributed by atoms with E-state index in [-0.39, 0.29) is 0 Å². The van der Waals surface area contributed by atoms with Crippen LogP contribution in [0.4, 0.5) is 5.69 Å². The Hall–Kier alpha value is -1.11. The maximum atomic E-state index is 5.86. The molecule has 0 unspecified atom stereocenters. The minimum atomic E-state index is 0.428. The molecule has 19 heavy (non-hydrogen) atoms. The van der Waals surface area contributed by atoms with Gasteiger partial charge in [0.2, 0.25) is 0 Å². The molecule has 0 spiro atoms. The first-order valence-corrected chi connectivity index (χ1v) is 8.22. The van der Waals surface area contributed by atoms with Gasteiger partial charge in [0.25, 0.3) is 0 Å². The summed E-state index contributed by atoms with van der Waals surface area (Å²) in [6.07, 6.45) is 0. The van der Waals surface area contributed by atoms with Gasteiger partial charge in [-0.05, 0) is 17.9 Å². The van der Waals surface area contributed by atoms with Crippen LogP contribution in [0, 0.1) is 0 Å². The molecule has 0 amide bonds. The molecule has 3 nitrogen and oxygen atoms in total. The Morgan fingerprint density at radius 3 is 3.00 bits per heavy atom. The van der Waals surface area contributed by atoms with Crippen LogP contribution in [0.25, 0.3) is 0 Å². The summed E-state index contributed by atoms with van der Waals surface area (Å²) in [5.41, 5.74) is 10.6. The van der Waals surface area contributed by atoms with Crippen molar-refractivity contribution in [3.63, 3.8) is 0 Å². The predicted molar refractivity (Wildman–Crippen MR) is 88.2 cm³/mol. The molecule has 2 aromatic rings. The number of aromatic nitrogens is 1. The Labute approximate surface area is 126 Å². The van der Waals surface area contributed by atoms with Crippen LogP contribution in [-0.4, -0.2) is 15.7 Å². The molecular formula is C13H15N3S3. The molecule has 1 heterocycles. The number of benzene rings is 1. The molecule has 0 saturated heterocycles. The van der Waals surface area contributed by atoms with Crippen molar-refractivity contribution in [2.75, 3.05) is 11.1 Å². The smallest absolute Gasteiger partial charge is 0.107 e. The predicted octanol–water partition coefficient (Wildman–Crippen LogP) is 3.50. The Morgan fingerprint density at radius 2 is 2.37 bits per heavy atom. The summed E-state index contributed by atoms with van der Waals surface area (Å²) in [6.45, 7) is 2.79. The van der Waals surface area contributed by atoms with Crippen LogP contribution in [-0.2, 0) is 6.54 Å². The first kappa shape index (κ1) is 14.3. The highest BCUT2D eigenvalue weighted by Crippen LogP contribution is 2.28. The van der Waals surface area contributed by atoms with Gasteiger partial charge in [0.1, 0.15) is 4.99 Å². The van der Waals surface area contributed by atoms with Gasteiger partial charge in [0.15, 0.2) is 0 Å². The number of rotatable bonds is 6. The third kappa shape index (κ3) is 3.68. The van der Waals surface area contributed by atoms with E-state index in [4.69, 9.17) is 18.0 Å². The van der Waals surface area contributed by atoms with E-state index in [0.29, 0.717) is 11.5 Å². The van der Waals surface area contributed by atoms with Crippen LogP contribution in [0.3, 0.4) is 0 Å². The van der Waals surface area contributed by atoms with E-state index < -0.39 is 0 Å². The van der Waals surface area contributed by atoms with Crippen LogP contribution < -0.4 is 11.1 Å². The van der Waals surface area contributed by atoms with Crippen molar-refractivity contribution < 1.29 is 0 Å². The summed E-state index contributed by atoms with van der Waals surface area (Å²) in [5.74, 6) is 0.991. The van der Waals surface area contributed by atoms with Crippen molar-refractivity contribution in [1.82, 2.24) is 4.98 Å². The summed E-state index contributed by atoms with van der Waals surface area (Å²) in [4.78, 5) is 5.80. The number of hydrogen-bond donors (Lipinski definition) is 2. The molecule has 0 bridgehead atoms. The van der Waals surface area contributed by atoms with E-state index in [2.05, 4.69) is 23.3 Å². The fourth-order valence-electron chi connectivity index (χ4n) is 1.72. The second-order valence-electron chi connectivity index (χ2n) is 3.81. The number of thiocarbonyl (C=S) groups is 1. The van der Waals surface area contributed by atoms with Crippen molar-refractivity contribution in [3.8, 4) is 0 Å². The van der Waals surface area contributed by atoms with Gasteiger partial charge in [-0.1, -0.05) is 25.2 Å². The molecule has 100 valence electrons. The summed E-state index contributed by atoms with van der Waals surface area (Å²) < 4.78 is 0. The van der Waals surface area contributed by atoms with Gasteiger partial charge in [-0.15, -0.1) is 23.1 Å². The van der Waals surface area contributed by atoms with E-state index >= 15 is 0 Å². The Kier molecular flexibility index (Phi) is 5.18. The van der Waals surface area contributed by atoms with Crippen molar-refractivity contribution in [2.45, 2.75) is 18.4 Å². The van der Waals surface area contributed by atoms with Gasteiger partial charge in [-0.25, -0.2) is 4.98 Å². The zero-order chi connectivity index (χ0) is 13.7. The average molecular weight is 309 g/mol. The van der Waals surface area contributed by atoms with Crippen LogP contribution in [0.2, 0.25) is 0 Å². The molecule has 1 aromatic carbocycles. The van der Waals surface area contributed by atoms with Gasteiger partial charge in [0, 0.05) is 21.5 Å². The van der Waals surface area contributed by atoms with Crippen molar-refractivity contribution >= 4 is 46.0 Å². The highest BCUT2D eigenvalue weighted by atomic mass is 32.2. The minimum Gasteiger partial charge on any atom is -0.389 e. The summed E-state index contributed by atoms with van der Waals surface area (Å²) >= 11 is 8.51. The Bertz CT molecular complexity index is 552. The second kappa shape index (κ2) is 6.88. The SMILES string of the molecule is CCSc1cccc(NCc2cscn2)c1C(N)=S. The lowest BCUT2D eigenvalue weighted by Gasteiger charge is -2.14. The molecule has 2 rings (SSSR count). The summed E-state index contributed by atoms with van der Waals surface area (Å²) in [7, 11) is 0. The van der Waals surface area contributed by atoms with E-state index in [9.17, 15) is 0 Å². The molecule has 0 atom stereocenters. The molecule has 6 heteroatoms. The second-order valence-corrected chi connectivity index (χ2v) is 6.27. The zero-order valence-corrected chi connectivity index (χ0v) is 13.0. The topological polar surface area (TPSA) is 50.9 Å². The molecule has 0 aliphatic carbocycles. The largest absolute Gasteiger partial charge is 0.389 e. The van der Waals surface area contributed by atoms with E-state index in [1.54, 1.807) is 23.1 Å². The Morgan fingerprint density at radius 1 is 1.53 bits per heavy atom. The standard InChI is InChI=1S/C13H15N3S3/c1-2-19-11-5-3-4-10(12(11)13(14)17)15-6-9-7-18-8-16-9/h3-5,7-8,15H,2,6H2,1H3,(H2,14,17). The number of nitrogens with zero attached hydrogens (tertiary/aromatic N) is 1. The van der Waals surface area contributed by atoms with Gasteiger partial charge in [-0.3, -0.25) is 0 Å². The van der Waals surface area contributed by atoms with Crippen molar-refractivity contribution in [3.05, 3.63) is 40.3 Å². The van der Waals surface area contributed by atoms with Crippen molar-refractivity contribution in [2.24, 2.45) is 5.73 Å². The number of anilines is 1. The van der Waals surface area contributed by atoms with E-state index in [1.807, 2.05) is 23.0 Å². The maximum Gasteiger partial charge on any atom is 0.107 e. The molecule has 1 aromatic heterocycles. The molecule has 3 N–H and O–H groups in total. The lowest BCUT2D eigenvalue weighted by molar-refractivity contribution is 1.07. The van der Waals surface area contributed by atoms with E-state index in [0.717, 1.165) is 27.6 Å². The quantitative estimate of drug-likeness (QED) is 0.632. The molecule has 0 aliphatic heterocycles. The number of thiazole rings is 1. The lowest BCUT2D eigenvalue weighted by atomic mass is 10.1. The number of thioether (sulfide) groups is 1.